The summed E-state index contributed by atoms with van der Waals surface area (Å²) in [6.45, 7) is 2.93. The van der Waals surface area contributed by atoms with Crippen LogP contribution in [0.3, 0.4) is 0 Å². The van der Waals surface area contributed by atoms with Crippen LogP contribution in [-0.4, -0.2) is 6.61 Å². The summed E-state index contributed by atoms with van der Waals surface area (Å²) in [5, 5.41) is 9.72. The number of nitriles is 1. The van der Waals surface area contributed by atoms with Gasteiger partial charge in [-0.15, -0.1) is 0 Å². The molecule has 2 rings (SSSR count). The molecule has 0 atom stereocenters. The topological polar surface area (TPSA) is 33.0 Å². The van der Waals surface area contributed by atoms with E-state index in [4.69, 9.17) is 10.00 Å². The van der Waals surface area contributed by atoms with Gasteiger partial charge in [-0.1, -0.05) is 36.8 Å². The Hall–Kier alpha value is -1.79. The predicted octanol–water partition coefficient (Wildman–Crippen LogP) is 4.47. The molecule has 0 aliphatic heterocycles. The van der Waals surface area contributed by atoms with E-state index >= 15 is 0 Å². The zero-order valence-corrected chi connectivity index (χ0v) is 11.2. The average Bonchev–Trinajstić information content (AvgIpc) is 2.88. The molecule has 0 saturated carbocycles. The molecule has 92 valence electrons. The molecule has 2 aromatic rings. The maximum absolute atomic E-state index is 8.76. The van der Waals surface area contributed by atoms with E-state index in [1.165, 1.54) is 4.88 Å². The SMILES string of the molecule is CCCCOc1ccc(-c2ccc(C#N)cc2)s1. The number of ether oxygens (including phenoxy) is 1. The van der Waals surface area contributed by atoms with Gasteiger partial charge in [0.15, 0.2) is 5.06 Å². The second-order valence-corrected chi connectivity index (χ2v) is 5.06. The molecule has 2 nitrogen and oxygen atoms in total. The Balaban J connectivity index is 2.06. The van der Waals surface area contributed by atoms with Crippen LogP contribution in [0.4, 0.5) is 0 Å². The van der Waals surface area contributed by atoms with Crippen LogP contribution in [0.15, 0.2) is 36.4 Å². The van der Waals surface area contributed by atoms with Gasteiger partial charge in [0.1, 0.15) is 0 Å². The van der Waals surface area contributed by atoms with Crippen LogP contribution in [0.25, 0.3) is 10.4 Å². The first-order valence-electron chi connectivity index (χ1n) is 6.06. The minimum absolute atomic E-state index is 0.690. The van der Waals surface area contributed by atoms with Crippen molar-refractivity contribution in [2.24, 2.45) is 0 Å². The molecule has 0 radical (unpaired) electrons. The van der Waals surface area contributed by atoms with Crippen molar-refractivity contribution in [1.82, 2.24) is 0 Å². The smallest absolute Gasteiger partial charge is 0.174 e. The highest BCUT2D eigenvalue weighted by atomic mass is 32.1. The number of unbranched alkanes of at least 4 members (excludes halogenated alkanes) is 1. The molecule has 0 aliphatic carbocycles. The van der Waals surface area contributed by atoms with Gasteiger partial charge in [0.2, 0.25) is 0 Å². The number of nitrogens with zero attached hydrogens (tertiary/aromatic N) is 1. The molecule has 0 aliphatic rings. The molecule has 1 heterocycles. The number of thiophene rings is 1. The zero-order chi connectivity index (χ0) is 12.8. The zero-order valence-electron chi connectivity index (χ0n) is 10.3. The summed E-state index contributed by atoms with van der Waals surface area (Å²) in [4.78, 5) is 1.17. The Morgan fingerprint density at radius 3 is 2.61 bits per heavy atom. The lowest BCUT2D eigenvalue weighted by molar-refractivity contribution is 0.318. The summed E-state index contributed by atoms with van der Waals surface area (Å²) in [6.07, 6.45) is 2.23. The summed E-state index contributed by atoms with van der Waals surface area (Å²) in [6, 6.07) is 13.8. The van der Waals surface area contributed by atoms with Gasteiger partial charge in [-0.2, -0.15) is 5.26 Å². The van der Waals surface area contributed by atoms with Gasteiger partial charge >= 0.3 is 0 Å². The Morgan fingerprint density at radius 1 is 1.17 bits per heavy atom. The summed E-state index contributed by atoms with van der Waals surface area (Å²) < 4.78 is 5.66. The molecule has 0 fully saturated rings. The molecule has 0 spiro atoms. The van der Waals surface area contributed by atoms with Crippen molar-refractivity contribution in [1.29, 1.82) is 5.26 Å². The van der Waals surface area contributed by atoms with Crippen LogP contribution in [0, 0.1) is 11.3 Å². The molecule has 1 aromatic carbocycles. The van der Waals surface area contributed by atoms with E-state index in [1.54, 1.807) is 11.3 Å². The highest BCUT2D eigenvalue weighted by molar-refractivity contribution is 7.17. The van der Waals surface area contributed by atoms with Crippen LogP contribution in [0.5, 0.6) is 5.06 Å². The van der Waals surface area contributed by atoms with E-state index in [-0.39, 0.29) is 0 Å². The van der Waals surface area contributed by atoms with Crippen molar-refractivity contribution in [2.45, 2.75) is 19.8 Å². The minimum Gasteiger partial charge on any atom is -0.484 e. The maximum atomic E-state index is 8.76. The molecule has 0 saturated heterocycles. The lowest BCUT2D eigenvalue weighted by atomic mass is 10.1. The average molecular weight is 257 g/mol. The second kappa shape index (κ2) is 6.23. The summed E-state index contributed by atoms with van der Waals surface area (Å²) in [5.41, 5.74) is 1.82. The molecule has 18 heavy (non-hydrogen) atoms. The Bertz CT molecular complexity index is 536. The van der Waals surface area contributed by atoms with Gasteiger partial charge in [0, 0.05) is 4.88 Å². The fraction of sp³-hybridized carbons (Fsp3) is 0.267. The molecule has 0 N–H and O–H groups in total. The summed E-state index contributed by atoms with van der Waals surface area (Å²) >= 11 is 1.64. The van der Waals surface area contributed by atoms with E-state index in [1.807, 2.05) is 30.3 Å². The lowest BCUT2D eigenvalue weighted by Crippen LogP contribution is -1.93. The predicted molar refractivity (Wildman–Crippen MR) is 74.9 cm³/mol. The van der Waals surface area contributed by atoms with E-state index in [0.717, 1.165) is 30.1 Å². The standard InChI is InChI=1S/C15H15NOS/c1-2-3-10-17-15-9-8-14(18-15)13-6-4-12(11-16)5-7-13/h4-9H,2-3,10H2,1H3. The van der Waals surface area contributed by atoms with Crippen molar-refractivity contribution in [3.8, 4) is 21.6 Å². The van der Waals surface area contributed by atoms with E-state index in [0.29, 0.717) is 5.56 Å². The van der Waals surface area contributed by atoms with Crippen molar-refractivity contribution in [3.05, 3.63) is 42.0 Å². The fourth-order valence-electron chi connectivity index (χ4n) is 1.58. The van der Waals surface area contributed by atoms with Crippen molar-refractivity contribution in [3.63, 3.8) is 0 Å². The van der Waals surface area contributed by atoms with Crippen LogP contribution in [0.2, 0.25) is 0 Å². The number of hydrogen-bond donors (Lipinski definition) is 0. The number of benzene rings is 1. The first kappa shape index (κ1) is 12.7. The molecule has 0 unspecified atom stereocenters. The molecule has 3 heteroatoms. The highest BCUT2D eigenvalue weighted by Gasteiger charge is 2.03. The van der Waals surface area contributed by atoms with Crippen LogP contribution < -0.4 is 4.74 Å². The molecular weight excluding hydrogens is 242 g/mol. The maximum Gasteiger partial charge on any atom is 0.174 e. The van der Waals surface area contributed by atoms with Crippen LogP contribution in [0.1, 0.15) is 25.3 Å². The van der Waals surface area contributed by atoms with Crippen molar-refractivity contribution >= 4 is 11.3 Å². The first-order chi connectivity index (χ1) is 8.83. The minimum atomic E-state index is 0.690. The van der Waals surface area contributed by atoms with Crippen molar-refractivity contribution in [2.75, 3.05) is 6.61 Å². The van der Waals surface area contributed by atoms with Gasteiger partial charge in [0.05, 0.1) is 18.2 Å². The first-order valence-corrected chi connectivity index (χ1v) is 6.88. The Labute approximate surface area is 111 Å². The van der Waals surface area contributed by atoms with Crippen LogP contribution >= 0.6 is 11.3 Å². The van der Waals surface area contributed by atoms with Gasteiger partial charge in [-0.05, 0) is 36.2 Å². The third-order valence-corrected chi connectivity index (χ3v) is 3.67. The number of hydrogen-bond acceptors (Lipinski definition) is 3. The Kier molecular flexibility index (Phi) is 4.38. The third kappa shape index (κ3) is 3.12. The molecular formula is C15H15NOS. The normalized spacial score (nSPS) is 10.0. The largest absolute Gasteiger partial charge is 0.484 e. The quantitative estimate of drug-likeness (QED) is 0.740. The van der Waals surface area contributed by atoms with Gasteiger partial charge in [0.25, 0.3) is 0 Å². The lowest BCUT2D eigenvalue weighted by Gasteiger charge is -2.00. The number of rotatable bonds is 5. The monoisotopic (exact) mass is 257 g/mol. The molecule has 0 bridgehead atoms. The van der Waals surface area contributed by atoms with Crippen LogP contribution in [-0.2, 0) is 0 Å². The van der Waals surface area contributed by atoms with Crippen molar-refractivity contribution < 1.29 is 4.74 Å². The van der Waals surface area contributed by atoms with E-state index in [2.05, 4.69) is 19.1 Å². The second-order valence-electron chi connectivity index (χ2n) is 4.01. The van der Waals surface area contributed by atoms with Gasteiger partial charge in [-0.25, -0.2) is 0 Å². The van der Waals surface area contributed by atoms with Gasteiger partial charge in [-0.3, -0.25) is 0 Å². The fourth-order valence-corrected chi connectivity index (χ4v) is 2.46. The van der Waals surface area contributed by atoms with Gasteiger partial charge < -0.3 is 4.74 Å². The summed E-state index contributed by atoms with van der Waals surface area (Å²) in [5.74, 6) is 0. The summed E-state index contributed by atoms with van der Waals surface area (Å²) in [7, 11) is 0. The molecule has 0 amide bonds. The highest BCUT2D eigenvalue weighted by Crippen LogP contribution is 2.33. The van der Waals surface area contributed by atoms with E-state index in [9.17, 15) is 0 Å². The Morgan fingerprint density at radius 2 is 1.94 bits per heavy atom. The third-order valence-electron chi connectivity index (χ3n) is 2.62. The van der Waals surface area contributed by atoms with E-state index < -0.39 is 0 Å². The molecule has 1 aromatic heterocycles.